The second-order valence-corrected chi connectivity index (χ2v) is 10.2. The van der Waals surface area contributed by atoms with Crippen LogP contribution in [0.4, 0.5) is 24.7 Å². The van der Waals surface area contributed by atoms with Gasteiger partial charge in [-0.05, 0) is 61.6 Å². The number of hydrogen-bond acceptors (Lipinski definition) is 7. The Labute approximate surface area is 257 Å². The Morgan fingerprint density at radius 2 is 1.71 bits per heavy atom. The standard InChI is InChI=1S/C29H32N4O5.C2HF3O2/c1-20(16-27(35)36)32-19-26(34)33(18-22-9-3-2-4-10-22)24-13-12-21(17-23(24)29(32)37)8-5-6-15-38-25-11-7-14-31-28(25)30;3-2(4,5)1(6)7/h2-4,7,9-14,17,20H,5-6,8,15-16,18-19H2,1H3,(H2,30,31)(H,35,36);(H,6,7). The summed E-state index contributed by atoms with van der Waals surface area (Å²) in [5, 5.41) is 16.4. The van der Waals surface area contributed by atoms with Crippen LogP contribution < -0.4 is 15.4 Å². The van der Waals surface area contributed by atoms with Crippen molar-refractivity contribution >= 4 is 35.3 Å². The molecule has 4 N–H and O–H groups in total. The number of aromatic nitrogens is 1. The number of benzene rings is 2. The van der Waals surface area contributed by atoms with E-state index in [9.17, 15) is 32.7 Å². The summed E-state index contributed by atoms with van der Waals surface area (Å²) in [6, 6.07) is 18.1. The lowest BCUT2D eigenvalue weighted by Crippen LogP contribution is -2.44. The molecule has 11 nitrogen and oxygen atoms in total. The number of rotatable bonds is 11. The summed E-state index contributed by atoms with van der Waals surface area (Å²) < 4.78 is 37.4. The van der Waals surface area contributed by atoms with Gasteiger partial charge < -0.3 is 30.5 Å². The topological polar surface area (TPSA) is 163 Å². The Bertz CT molecular complexity index is 1500. The minimum Gasteiger partial charge on any atom is -0.490 e. The lowest BCUT2D eigenvalue weighted by molar-refractivity contribution is -0.192. The molecule has 0 bridgehead atoms. The molecule has 0 aliphatic carbocycles. The summed E-state index contributed by atoms with van der Waals surface area (Å²) in [4.78, 5) is 54.2. The van der Waals surface area contributed by atoms with Gasteiger partial charge in [0.1, 0.15) is 6.54 Å². The number of anilines is 2. The number of aliphatic carboxylic acids is 2. The molecule has 0 spiro atoms. The number of carboxylic acids is 2. The Hall–Kier alpha value is -5.14. The number of nitrogen functional groups attached to an aromatic ring is 1. The Morgan fingerprint density at radius 3 is 2.33 bits per heavy atom. The number of fused-ring (bicyclic) bond motifs is 1. The highest BCUT2D eigenvalue weighted by Crippen LogP contribution is 2.30. The third kappa shape index (κ3) is 9.95. The van der Waals surface area contributed by atoms with Gasteiger partial charge in [-0.15, -0.1) is 0 Å². The number of amides is 2. The first-order valence-electron chi connectivity index (χ1n) is 13.9. The van der Waals surface area contributed by atoms with E-state index in [0.717, 1.165) is 24.0 Å². The molecule has 2 heterocycles. The van der Waals surface area contributed by atoms with Crippen molar-refractivity contribution in [2.75, 3.05) is 23.8 Å². The van der Waals surface area contributed by atoms with Crippen LogP contribution in [0.25, 0.3) is 0 Å². The molecular formula is C31H33F3N4O7. The fourth-order valence-corrected chi connectivity index (χ4v) is 4.53. The SMILES string of the molecule is CC(CC(=O)O)N1CC(=O)N(Cc2ccccc2)c2ccc(CCCCOc3cccnc3N)cc2C1=O.O=C(O)C(F)(F)F. The van der Waals surface area contributed by atoms with Gasteiger partial charge in [-0.1, -0.05) is 36.4 Å². The molecule has 0 fully saturated rings. The molecule has 2 aromatic carbocycles. The maximum atomic E-state index is 13.6. The number of hydrogen-bond donors (Lipinski definition) is 3. The summed E-state index contributed by atoms with van der Waals surface area (Å²) in [5.41, 5.74) is 8.64. The average Bonchev–Trinajstić information content (AvgIpc) is 3.08. The second kappa shape index (κ2) is 15.5. The zero-order valence-corrected chi connectivity index (χ0v) is 24.4. The average molecular weight is 631 g/mol. The van der Waals surface area contributed by atoms with Crippen LogP contribution in [0.1, 0.15) is 47.7 Å². The van der Waals surface area contributed by atoms with E-state index in [0.29, 0.717) is 42.4 Å². The van der Waals surface area contributed by atoms with Gasteiger partial charge in [0.05, 0.1) is 30.8 Å². The van der Waals surface area contributed by atoms with Crippen LogP contribution in [0.15, 0.2) is 66.9 Å². The minimum atomic E-state index is -5.08. The Balaban J connectivity index is 0.000000707. The number of ether oxygens (including phenoxy) is 1. The molecule has 1 atom stereocenters. The predicted octanol–water partition coefficient (Wildman–Crippen LogP) is 4.55. The highest BCUT2D eigenvalue weighted by Gasteiger charge is 2.38. The van der Waals surface area contributed by atoms with Gasteiger partial charge in [0, 0.05) is 12.2 Å². The Kier molecular flexibility index (Phi) is 11.9. The van der Waals surface area contributed by atoms with Crippen LogP contribution >= 0.6 is 0 Å². The van der Waals surface area contributed by atoms with E-state index < -0.39 is 24.2 Å². The zero-order chi connectivity index (χ0) is 33.1. The molecule has 1 aromatic heterocycles. The molecule has 0 saturated carbocycles. The van der Waals surface area contributed by atoms with Gasteiger partial charge in [0.15, 0.2) is 11.6 Å². The summed E-state index contributed by atoms with van der Waals surface area (Å²) in [6.07, 6.45) is -1.41. The van der Waals surface area contributed by atoms with E-state index in [1.165, 1.54) is 4.90 Å². The number of carboxylic acid groups (broad SMARTS) is 2. The van der Waals surface area contributed by atoms with Gasteiger partial charge in [-0.3, -0.25) is 14.4 Å². The normalized spacial score (nSPS) is 13.7. The highest BCUT2D eigenvalue weighted by molar-refractivity contribution is 6.09. The summed E-state index contributed by atoms with van der Waals surface area (Å²) in [7, 11) is 0. The van der Waals surface area contributed by atoms with E-state index in [4.69, 9.17) is 20.4 Å². The van der Waals surface area contributed by atoms with Crippen LogP contribution in [0.5, 0.6) is 5.75 Å². The number of pyridine rings is 1. The fourth-order valence-electron chi connectivity index (χ4n) is 4.53. The lowest BCUT2D eigenvalue weighted by atomic mass is 10.0. The van der Waals surface area contributed by atoms with Crippen molar-refractivity contribution < 1.29 is 47.3 Å². The number of nitrogens with zero attached hydrogens (tertiary/aromatic N) is 3. The van der Waals surface area contributed by atoms with Crippen molar-refractivity contribution in [3.8, 4) is 5.75 Å². The molecule has 0 saturated heterocycles. The van der Waals surface area contributed by atoms with Crippen molar-refractivity contribution in [3.05, 3.63) is 83.6 Å². The highest BCUT2D eigenvalue weighted by atomic mass is 19.4. The van der Waals surface area contributed by atoms with Gasteiger partial charge in [0.25, 0.3) is 5.91 Å². The molecule has 2 amide bonds. The van der Waals surface area contributed by atoms with Crippen molar-refractivity contribution in [2.24, 2.45) is 0 Å². The second-order valence-electron chi connectivity index (χ2n) is 10.2. The number of aryl methyl sites for hydroxylation is 1. The molecule has 4 rings (SSSR count). The Morgan fingerprint density at radius 1 is 1.02 bits per heavy atom. The molecule has 45 heavy (non-hydrogen) atoms. The maximum absolute atomic E-state index is 13.6. The first-order valence-corrected chi connectivity index (χ1v) is 13.9. The number of alkyl halides is 3. The van der Waals surface area contributed by atoms with E-state index in [2.05, 4.69) is 4.98 Å². The van der Waals surface area contributed by atoms with Crippen LogP contribution in [0.2, 0.25) is 0 Å². The fraction of sp³-hybridized carbons (Fsp3) is 0.323. The first kappa shape index (κ1) is 34.4. The van der Waals surface area contributed by atoms with Crippen LogP contribution in [0, 0.1) is 0 Å². The summed E-state index contributed by atoms with van der Waals surface area (Å²) >= 11 is 0. The van der Waals surface area contributed by atoms with E-state index >= 15 is 0 Å². The number of carbonyl (C=O) groups is 4. The molecule has 0 radical (unpaired) electrons. The van der Waals surface area contributed by atoms with E-state index in [1.54, 1.807) is 30.2 Å². The zero-order valence-electron chi connectivity index (χ0n) is 24.4. The third-order valence-corrected chi connectivity index (χ3v) is 6.79. The van der Waals surface area contributed by atoms with Gasteiger partial charge in [-0.2, -0.15) is 13.2 Å². The summed E-state index contributed by atoms with van der Waals surface area (Å²) in [6.45, 7) is 2.28. The number of nitrogens with two attached hydrogens (primary N) is 1. The van der Waals surface area contributed by atoms with Crippen LogP contribution in [-0.2, 0) is 27.3 Å². The third-order valence-electron chi connectivity index (χ3n) is 6.79. The predicted molar refractivity (Wildman–Crippen MR) is 158 cm³/mol. The largest absolute Gasteiger partial charge is 0.490 e. The van der Waals surface area contributed by atoms with Crippen molar-refractivity contribution in [2.45, 2.75) is 51.4 Å². The molecule has 1 unspecified atom stereocenters. The smallest absolute Gasteiger partial charge is 0.490 e. The van der Waals surface area contributed by atoms with E-state index in [1.807, 2.05) is 48.5 Å². The minimum absolute atomic E-state index is 0.182. The lowest BCUT2D eigenvalue weighted by Gasteiger charge is -2.26. The number of carbonyl (C=O) groups excluding carboxylic acids is 2. The molecule has 14 heteroatoms. The first-order chi connectivity index (χ1) is 21.3. The monoisotopic (exact) mass is 630 g/mol. The molecular weight excluding hydrogens is 597 g/mol. The molecule has 3 aromatic rings. The van der Waals surface area contributed by atoms with Crippen LogP contribution in [-0.4, -0.2) is 69.2 Å². The van der Waals surface area contributed by atoms with E-state index in [-0.39, 0.29) is 24.8 Å². The van der Waals surface area contributed by atoms with Gasteiger partial charge in [0.2, 0.25) is 5.91 Å². The quantitative estimate of drug-likeness (QED) is 0.258. The van der Waals surface area contributed by atoms with Crippen molar-refractivity contribution in [1.29, 1.82) is 0 Å². The molecule has 1 aliphatic heterocycles. The van der Waals surface area contributed by atoms with Crippen molar-refractivity contribution in [3.63, 3.8) is 0 Å². The number of halogens is 3. The molecule has 240 valence electrons. The molecule has 1 aliphatic rings. The van der Waals surface area contributed by atoms with Gasteiger partial charge in [-0.25, -0.2) is 9.78 Å². The summed E-state index contributed by atoms with van der Waals surface area (Å²) in [5.74, 6) is -3.46. The number of unbranched alkanes of at least 4 members (excludes halogenated alkanes) is 1. The van der Waals surface area contributed by atoms with Gasteiger partial charge >= 0.3 is 18.1 Å². The van der Waals surface area contributed by atoms with Crippen LogP contribution in [0.3, 0.4) is 0 Å². The maximum Gasteiger partial charge on any atom is 0.490 e. The van der Waals surface area contributed by atoms with Crippen molar-refractivity contribution in [1.82, 2.24) is 9.88 Å².